The van der Waals surface area contributed by atoms with Gasteiger partial charge in [0.25, 0.3) is 5.69 Å². The first-order chi connectivity index (χ1) is 14.0. The number of hydrogen-bond acceptors (Lipinski definition) is 6. The van der Waals surface area contributed by atoms with Crippen molar-refractivity contribution in [2.45, 2.75) is 19.9 Å². The maximum absolute atomic E-state index is 11.3. The van der Waals surface area contributed by atoms with Gasteiger partial charge in [0.2, 0.25) is 5.75 Å². The van der Waals surface area contributed by atoms with E-state index in [1.54, 1.807) is 12.1 Å². The molecule has 0 amide bonds. The number of anilines is 1. The van der Waals surface area contributed by atoms with Gasteiger partial charge < -0.3 is 10.1 Å². The SMILES string of the molecule is CCc1ccc(NCc2ccccc2Oc2ccc([N+](=O)[O-])cc2[N+](=O)[O-])cc1. The van der Waals surface area contributed by atoms with E-state index < -0.39 is 15.5 Å². The summed E-state index contributed by atoms with van der Waals surface area (Å²) in [5.41, 5.74) is 2.15. The monoisotopic (exact) mass is 393 g/mol. The molecule has 0 aliphatic rings. The maximum atomic E-state index is 11.3. The summed E-state index contributed by atoms with van der Waals surface area (Å²) in [5.74, 6) is 0.377. The van der Waals surface area contributed by atoms with Crippen LogP contribution in [0.15, 0.2) is 66.7 Å². The molecular formula is C21H19N3O5. The number of aryl methyl sites for hydroxylation is 1. The van der Waals surface area contributed by atoms with E-state index in [1.807, 2.05) is 36.4 Å². The summed E-state index contributed by atoms with van der Waals surface area (Å²) in [4.78, 5) is 20.8. The maximum Gasteiger partial charge on any atom is 0.318 e. The van der Waals surface area contributed by atoms with Gasteiger partial charge in [-0.1, -0.05) is 37.3 Å². The molecule has 0 aliphatic heterocycles. The fraction of sp³-hybridized carbons (Fsp3) is 0.143. The number of rotatable bonds is 8. The lowest BCUT2D eigenvalue weighted by Crippen LogP contribution is -2.02. The lowest BCUT2D eigenvalue weighted by Gasteiger charge is -2.13. The molecule has 0 radical (unpaired) electrons. The number of ether oxygens (including phenoxy) is 1. The Kier molecular flexibility index (Phi) is 6.03. The minimum Gasteiger partial charge on any atom is -0.450 e. The first kappa shape index (κ1) is 19.8. The smallest absolute Gasteiger partial charge is 0.318 e. The molecule has 0 fully saturated rings. The van der Waals surface area contributed by atoms with Crippen molar-refractivity contribution in [1.82, 2.24) is 0 Å². The highest BCUT2D eigenvalue weighted by Gasteiger charge is 2.21. The molecule has 0 heterocycles. The van der Waals surface area contributed by atoms with E-state index in [9.17, 15) is 20.2 Å². The second-order valence-corrected chi connectivity index (χ2v) is 6.28. The summed E-state index contributed by atoms with van der Waals surface area (Å²) in [6.07, 6.45) is 0.963. The van der Waals surface area contributed by atoms with Crippen LogP contribution in [0.1, 0.15) is 18.1 Å². The average molecular weight is 393 g/mol. The lowest BCUT2D eigenvalue weighted by molar-refractivity contribution is -0.394. The van der Waals surface area contributed by atoms with Gasteiger partial charge >= 0.3 is 5.69 Å². The van der Waals surface area contributed by atoms with Gasteiger partial charge in [0.15, 0.2) is 0 Å². The molecule has 3 aromatic rings. The van der Waals surface area contributed by atoms with E-state index in [0.717, 1.165) is 23.7 Å². The van der Waals surface area contributed by atoms with Crippen LogP contribution in [-0.2, 0) is 13.0 Å². The van der Waals surface area contributed by atoms with Crippen LogP contribution in [-0.4, -0.2) is 9.85 Å². The molecular weight excluding hydrogens is 374 g/mol. The number of hydrogen-bond donors (Lipinski definition) is 1. The van der Waals surface area contributed by atoms with Crippen LogP contribution in [0.25, 0.3) is 0 Å². The zero-order valence-corrected chi connectivity index (χ0v) is 15.7. The summed E-state index contributed by atoms with van der Waals surface area (Å²) in [6, 6.07) is 18.5. The predicted molar refractivity (Wildman–Crippen MR) is 109 cm³/mol. The van der Waals surface area contributed by atoms with Gasteiger partial charge in [-0.3, -0.25) is 20.2 Å². The zero-order chi connectivity index (χ0) is 20.8. The minimum absolute atomic E-state index is 0.0552. The van der Waals surface area contributed by atoms with Crippen LogP contribution in [0.5, 0.6) is 11.5 Å². The van der Waals surface area contributed by atoms with Crippen molar-refractivity contribution < 1.29 is 14.6 Å². The molecule has 148 valence electrons. The van der Waals surface area contributed by atoms with Gasteiger partial charge in [-0.15, -0.1) is 0 Å². The van der Waals surface area contributed by atoms with Crippen molar-refractivity contribution in [3.63, 3.8) is 0 Å². The molecule has 0 unspecified atom stereocenters. The topological polar surface area (TPSA) is 108 Å². The van der Waals surface area contributed by atoms with E-state index in [4.69, 9.17) is 4.74 Å². The highest BCUT2D eigenvalue weighted by molar-refractivity contribution is 5.55. The molecule has 1 N–H and O–H groups in total. The van der Waals surface area contributed by atoms with Crippen LogP contribution >= 0.6 is 0 Å². The molecule has 0 aromatic heterocycles. The van der Waals surface area contributed by atoms with Crippen molar-refractivity contribution >= 4 is 17.1 Å². The largest absolute Gasteiger partial charge is 0.450 e. The molecule has 8 heteroatoms. The van der Waals surface area contributed by atoms with Crippen LogP contribution in [0.2, 0.25) is 0 Å². The quantitative estimate of drug-likeness (QED) is 0.402. The fourth-order valence-corrected chi connectivity index (χ4v) is 2.77. The third kappa shape index (κ3) is 4.86. The van der Waals surface area contributed by atoms with Gasteiger partial charge in [0.05, 0.1) is 15.9 Å². The summed E-state index contributed by atoms with van der Waals surface area (Å²) < 4.78 is 5.76. The van der Waals surface area contributed by atoms with E-state index in [2.05, 4.69) is 12.2 Å². The van der Waals surface area contributed by atoms with Crippen molar-refractivity contribution in [2.24, 2.45) is 0 Å². The molecule has 0 spiro atoms. The van der Waals surface area contributed by atoms with Crippen molar-refractivity contribution in [3.05, 3.63) is 98.1 Å². The standard InChI is InChI=1S/C21H19N3O5/c1-2-15-7-9-17(10-8-15)22-14-16-5-3-4-6-20(16)29-21-12-11-18(23(25)26)13-19(21)24(27)28/h3-13,22H,2,14H2,1H3. The number of para-hydroxylation sites is 1. The van der Waals surface area contributed by atoms with Crippen molar-refractivity contribution in [1.29, 1.82) is 0 Å². The van der Waals surface area contributed by atoms with Gasteiger partial charge in [-0.05, 0) is 36.2 Å². The third-order valence-electron chi connectivity index (χ3n) is 4.39. The Balaban J connectivity index is 1.82. The number of nitrogens with zero attached hydrogens (tertiary/aromatic N) is 2. The number of nitro groups is 2. The summed E-state index contributed by atoms with van der Waals surface area (Å²) in [7, 11) is 0. The Morgan fingerprint density at radius 1 is 0.897 bits per heavy atom. The summed E-state index contributed by atoms with van der Waals surface area (Å²) in [5, 5.41) is 25.5. The van der Waals surface area contributed by atoms with Crippen LogP contribution in [0, 0.1) is 20.2 Å². The van der Waals surface area contributed by atoms with Gasteiger partial charge in [0.1, 0.15) is 5.75 Å². The molecule has 3 rings (SSSR count). The Morgan fingerprint density at radius 3 is 2.28 bits per heavy atom. The highest BCUT2D eigenvalue weighted by atomic mass is 16.6. The summed E-state index contributed by atoms with van der Waals surface area (Å²) in [6.45, 7) is 2.54. The molecule has 0 saturated heterocycles. The zero-order valence-electron chi connectivity index (χ0n) is 15.7. The molecule has 3 aromatic carbocycles. The van der Waals surface area contributed by atoms with Crippen LogP contribution < -0.4 is 10.1 Å². The van der Waals surface area contributed by atoms with E-state index in [0.29, 0.717) is 12.3 Å². The second-order valence-electron chi connectivity index (χ2n) is 6.28. The Bertz CT molecular complexity index is 1030. The second kappa shape index (κ2) is 8.83. The Hall–Kier alpha value is -3.94. The minimum atomic E-state index is -0.696. The Morgan fingerprint density at radius 2 is 1.62 bits per heavy atom. The third-order valence-corrected chi connectivity index (χ3v) is 4.39. The highest BCUT2D eigenvalue weighted by Crippen LogP contribution is 2.35. The number of nitro benzene ring substituents is 2. The van der Waals surface area contributed by atoms with Gasteiger partial charge in [-0.25, -0.2) is 0 Å². The Labute approximate surface area is 167 Å². The predicted octanol–water partition coefficient (Wildman–Crippen LogP) is 5.47. The first-order valence-electron chi connectivity index (χ1n) is 8.99. The molecule has 0 bridgehead atoms. The molecule has 8 nitrogen and oxygen atoms in total. The molecule has 29 heavy (non-hydrogen) atoms. The normalized spacial score (nSPS) is 10.4. The number of non-ortho nitro benzene ring substituents is 1. The van der Waals surface area contributed by atoms with Gasteiger partial charge in [0, 0.05) is 23.9 Å². The fourth-order valence-electron chi connectivity index (χ4n) is 2.77. The first-order valence-corrected chi connectivity index (χ1v) is 8.99. The lowest BCUT2D eigenvalue weighted by atomic mass is 10.1. The summed E-state index contributed by atoms with van der Waals surface area (Å²) >= 11 is 0. The van der Waals surface area contributed by atoms with E-state index in [1.165, 1.54) is 17.7 Å². The van der Waals surface area contributed by atoms with E-state index in [-0.39, 0.29) is 11.4 Å². The molecule has 0 atom stereocenters. The average Bonchev–Trinajstić information content (AvgIpc) is 2.73. The molecule has 0 saturated carbocycles. The van der Waals surface area contributed by atoms with Crippen molar-refractivity contribution in [2.75, 3.05) is 5.32 Å². The number of nitrogens with one attached hydrogen (secondary N) is 1. The number of benzene rings is 3. The van der Waals surface area contributed by atoms with Gasteiger partial charge in [-0.2, -0.15) is 0 Å². The van der Waals surface area contributed by atoms with Crippen LogP contribution in [0.4, 0.5) is 17.1 Å². The van der Waals surface area contributed by atoms with Crippen molar-refractivity contribution in [3.8, 4) is 11.5 Å². The van der Waals surface area contributed by atoms with E-state index >= 15 is 0 Å². The van der Waals surface area contributed by atoms with Crippen LogP contribution in [0.3, 0.4) is 0 Å². The molecule has 0 aliphatic carbocycles.